The van der Waals surface area contributed by atoms with Crippen molar-refractivity contribution >= 4 is 35.1 Å². The van der Waals surface area contributed by atoms with Crippen molar-refractivity contribution in [2.24, 2.45) is 0 Å². The lowest BCUT2D eigenvalue weighted by Crippen LogP contribution is -2.12. The number of carbonyl (C=O) groups is 1. The van der Waals surface area contributed by atoms with Gasteiger partial charge in [0.1, 0.15) is 11.4 Å². The topological polar surface area (TPSA) is 68.0 Å². The predicted octanol–water partition coefficient (Wildman–Crippen LogP) is 2.94. The van der Waals surface area contributed by atoms with E-state index in [-0.39, 0.29) is 21.8 Å². The van der Waals surface area contributed by atoms with E-state index in [2.05, 4.69) is 15.3 Å². The molecule has 1 N–H and O–H groups in total. The van der Waals surface area contributed by atoms with Gasteiger partial charge in [0.05, 0.1) is 16.3 Å². The molecule has 2 rings (SSSR count). The Bertz CT molecular complexity index is 568. The molecule has 17 heavy (non-hydrogen) atoms. The van der Waals surface area contributed by atoms with Crippen molar-refractivity contribution in [3.63, 3.8) is 0 Å². The fraction of sp³-hybridized carbons (Fsp3) is 0.100. The second-order valence-corrected chi connectivity index (χ2v) is 4.01. The van der Waals surface area contributed by atoms with E-state index in [0.717, 1.165) is 0 Å². The Kier molecular flexibility index (Phi) is 3.31. The number of amides is 1. The lowest BCUT2D eigenvalue weighted by molar-refractivity contribution is 0.102. The number of oxazole rings is 1. The summed E-state index contributed by atoms with van der Waals surface area (Å²) >= 11 is 11.4. The number of hydrogen-bond acceptors (Lipinski definition) is 4. The summed E-state index contributed by atoms with van der Waals surface area (Å²) in [5.41, 5.74) is 0.947. The van der Waals surface area contributed by atoms with E-state index in [4.69, 9.17) is 27.6 Å². The van der Waals surface area contributed by atoms with Crippen molar-refractivity contribution in [3.8, 4) is 0 Å². The van der Waals surface area contributed by atoms with E-state index in [9.17, 15) is 4.79 Å². The highest BCUT2D eigenvalue weighted by Crippen LogP contribution is 2.20. The van der Waals surface area contributed by atoms with Gasteiger partial charge in [0.2, 0.25) is 0 Å². The van der Waals surface area contributed by atoms with E-state index in [0.29, 0.717) is 5.69 Å². The van der Waals surface area contributed by atoms with Gasteiger partial charge in [0.15, 0.2) is 0 Å². The monoisotopic (exact) mass is 271 g/mol. The largest absolute Gasteiger partial charge is 0.432 e. The Morgan fingerprint density at radius 2 is 2.24 bits per heavy atom. The molecule has 5 nitrogen and oxygen atoms in total. The number of aryl methyl sites for hydroxylation is 1. The van der Waals surface area contributed by atoms with Crippen molar-refractivity contribution in [3.05, 3.63) is 40.0 Å². The molecule has 2 heterocycles. The van der Waals surface area contributed by atoms with Crippen LogP contribution >= 0.6 is 23.2 Å². The molecule has 0 saturated heterocycles. The minimum absolute atomic E-state index is 0.124. The third-order valence-corrected chi connectivity index (χ3v) is 2.58. The van der Waals surface area contributed by atoms with Crippen molar-refractivity contribution in [2.75, 3.05) is 5.32 Å². The maximum atomic E-state index is 11.7. The molecule has 2 aromatic heterocycles. The second kappa shape index (κ2) is 4.73. The molecule has 0 aliphatic heterocycles. The molecule has 0 unspecified atom stereocenters. The minimum atomic E-state index is -0.419. The SMILES string of the molecule is Cc1coc(NC(=O)c2cnc(Cl)c(Cl)c2)n1. The number of rotatable bonds is 2. The van der Waals surface area contributed by atoms with Crippen molar-refractivity contribution in [1.82, 2.24) is 9.97 Å². The third-order valence-electron chi connectivity index (χ3n) is 1.90. The van der Waals surface area contributed by atoms with Crippen LogP contribution in [0.15, 0.2) is 22.9 Å². The van der Waals surface area contributed by atoms with Gasteiger partial charge in [-0.25, -0.2) is 4.98 Å². The molecule has 0 radical (unpaired) electrons. The van der Waals surface area contributed by atoms with Gasteiger partial charge in [0, 0.05) is 6.20 Å². The molecule has 2 aromatic rings. The summed E-state index contributed by atoms with van der Waals surface area (Å²) in [6, 6.07) is 1.54. The van der Waals surface area contributed by atoms with Crippen LogP contribution in [0.4, 0.5) is 6.01 Å². The molecule has 0 aliphatic carbocycles. The van der Waals surface area contributed by atoms with Gasteiger partial charge in [-0.15, -0.1) is 0 Å². The van der Waals surface area contributed by atoms with Crippen LogP contribution in [0.1, 0.15) is 16.1 Å². The first-order valence-corrected chi connectivity index (χ1v) is 5.36. The quantitative estimate of drug-likeness (QED) is 0.853. The molecule has 0 atom stereocenters. The molecule has 0 aromatic carbocycles. The molecular weight excluding hydrogens is 265 g/mol. The Morgan fingerprint density at radius 1 is 1.47 bits per heavy atom. The van der Waals surface area contributed by atoms with E-state index in [1.165, 1.54) is 18.5 Å². The lowest BCUT2D eigenvalue weighted by Gasteiger charge is -2.01. The van der Waals surface area contributed by atoms with Crippen molar-refractivity contribution in [1.29, 1.82) is 0 Å². The summed E-state index contributed by atoms with van der Waals surface area (Å²) in [4.78, 5) is 19.4. The van der Waals surface area contributed by atoms with Crippen LogP contribution in [-0.2, 0) is 0 Å². The van der Waals surface area contributed by atoms with Gasteiger partial charge in [0.25, 0.3) is 5.91 Å². The normalized spacial score (nSPS) is 10.3. The fourth-order valence-electron chi connectivity index (χ4n) is 1.13. The molecule has 0 saturated carbocycles. The maximum Gasteiger partial charge on any atom is 0.301 e. The Morgan fingerprint density at radius 3 is 2.82 bits per heavy atom. The van der Waals surface area contributed by atoms with Gasteiger partial charge in [-0.2, -0.15) is 4.98 Å². The molecule has 88 valence electrons. The zero-order valence-electron chi connectivity index (χ0n) is 8.70. The number of aromatic nitrogens is 2. The molecule has 1 amide bonds. The van der Waals surface area contributed by atoms with Crippen LogP contribution in [0.3, 0.4) is 0 Å². The molecule has 0 aliphatic rings. The standard InChI is InChI=1S/C10H7Cl2N3O2/c1-5-4-17-10(14-5)15-9(16)6-2-7(11)8(12)13-3-6/h2-4H,1H3,(H,14,15,16). The summed E-state index contributed by atoms with van der Waals surface area (Å²) < 4.78 is 4.99. The highest BCUT2D eigenvalue weighted by molar-refractivity contribution is 6.41. The van der Waals surface area contributed by atoms with Gasteiger partial charge < -0.3 is 4.42 Å². The minimum Gasteiger partial charge on any atom is -0.432 e. The lowest BCUT2D eigenvalue weighted by atomic mass is 10.3. The zero-order valence-corrected chi connectivity index (χ0v) is 10.2. The molecular formula is C10H7Cl2N3O2. The predicted molar refractivity (Wildman–Crippen MR) is 63.5 cm³/mol. The summed E-state index contributed by atoms with van der Waals surface area (Å²) in [7, 11) is 0. The Balaban J connectivity index is 2.17. The number of hydrogen-bond donors (Lipinski definition) is 1. The fourth-order valence-corrected chi connectivity index (χ4v) is 1.40. The van der Waals surface area contributed by atoms with Crippen LogP contribution in [0.5, 0.6) is 0 Å². The highest BCUT2D eigenvalue weighted by atomic mass is 35.5. The average molecular weight is 272 g/mol. The number of nitrogens with zero attached hydrogens (tertiary/aromatic N) is 2. The summed E-state index contributed by atoms with van der Waals surface area (Å²) in [6.07, 6.45) is 2.75. The van der Waals surface area contributed by atoms with Crippen LogP contribution < -0.4 is 5.32 Å². The van der Waals surface area contributed by atoms with Gasteiger partial charge >= 0.3 is 6.01 Å². The first-order chi connectivity index (χ1) is 8.06. The zero-order chi connectivity index (χ0) is 12.4. The number of carbonyl (C=O) groups excluding carboxylic acids is 1. The number of pyridine rings is 1. The summed E-state index contributed by atoms with van der Waals surface area (Å²) in [6.45, 7) is 1.75. The van der Waals surface area contributed by atoms with Crippen LogP contribution in [-0.4, -0.2) is 15.9 Å². The average Bonchev–Trinajstić information content (AvgIpc) is 2.68. The molecule has 0 fully saturated rings. The van der Waals surface area contributed by atoms with Crippen LogP contribution in [0, 0.1) is 6.92 Å². The smallest absolute Gasteiger partial charge is 0.301 e. The summed E-state index contributed by atoms with van der Waals surface area (Å²) in [5.74, 6) is -0.419. The van der Waals surface area contributed by atoms with Crippen LogP contribution in [0.25, 0.3) is 0 Å². The van der Waals surface area contributed by atoms with Gasteiger partial charge in [-0.1, -0.05) is 23.2 Å². The first kappa shape index (κ1) is 11.9. The van der Waals surface area contributed by atoms with E-state index in [1.54, 1.807) is 6.92 Å². The first-order valence-electron chi connectivity index (χ1n) is 4.61. The van der Waals surface area contributed by atoms with E-state index < -0.39 is 5.91 Å². The maximum absolute atomic E-state index is 11.7. The Hall–Kier alpha value is -1.59. The second-order valence-electron chi connectivity index (χ2n) is 3.24. The number of halogens is 2. The van der Waals surface area contributed by atoms with Gasteiger partial charge in [-0.05, 0) is 13.0 Å². The highest BCUT2D eigenvalue weighted by Gasteiger charge is 2.11. The molecule has 0 spiro atoms. The number of nitrogens with one attached hydrogen (secondary N) is 1. The van der Waals surface area contributed by atoms with E-state index >= 15 is 0 Å². The Labute approximate surface area is 107 Å². The number of anilines is 1. The molecule has 7 heteroatoms. The van der Waals surface area contributed by atoms with Gasteiger partial charge in [-0.3, -0.25) is 10.1 Å². The van der Waals surface area contributed by atoms with Crippen LogP contribution in [0.2, 0.25) is 10.2 Å². The van der Waals surface area contributed by atoms with Crippen molar-refractivity contribution in [2.45, 2.75) is 6.92 Å². The third kappa shape index (κ3) is 2.75. The molecule has 0 bridgehead atoms. The van der Waals surface area contributed by atoms with Crippen molar-refractivity contribution < 1.29 is 9.21 Å². The summed E-state index contributed by atoms with van der Waals surface area (Å²) in [5, 5.41) is 2.83. The van der Waals surface area contributed by atoms with E-state index in [1.807, 2.05) is 0 Å².